The molecule has 0 saturated carbocycles. The molecule has 3 heterocycles. The van der Waals surface area contributed by atoms with Crippen LogP contribution >= 0.6 is 15.9 Å². The van der Waals surface area contributed by atoms with Crippen LogP contribution in [0.3, 0.4) is 0 Å². The highest BCUT2D eigenvalue weighted by molar-refractivity contribution is 9.09. The molecule has 3 fully saturated rings. The number of fused-ring (bicyclic) bond motifs is 1. The number of anilines is 1. The zero-order valence-corrected chi connectivity index (χ0v) is 31.3. The second-order valence-electron chi connectivity index (χ2n) is 13.9. The van der Waals surface area contributed by atoms with E-state index in [4.69, 9.17) is 9.47 Å². The van der Waals surface area contributed by atoms with Gasteiger partial charge in [0.05, 0.1) is 24.0 Å². The number of rotatable bonds is 17. The van der Waals surface area contributed by atoms with Crippen molar-refractivity contribution in [2.75, 3.05) is 24.6 Å². The van der Waals surface area contributed by atoms with Gasteiger partial charge < -0.3 is 29.7 Å². The molecule has 11 heteroatoms. The Hall–Kier alpha value is -3.80. The smallest absolute Gasteiger partial charge is 0.313 e. The highest BCUT2D eigenvalue weighted by atomic mass is 79.9. The summed E-state index contributed by atoms with van der Waals surface area (Å²) >= 11 is 3.76. The van der Waals surface area contributed by atoms with E-state index in [1.54, 1.807) is 28.9 Å². The molecule has 274 valence electrons. The van der Waals surface area contributed by atoms with Gasteiger partial charge in [-0.3, -0.25) is 19.2 Å². The van der Waals surface area contributed by atoms with Crippen molar-refractivity contribution in [2.24, 2.45) is 11.8 Å². The Kier molecular flexibility index (Phi) is 12.6. The van der Waals surface area contributed by atoms with Crippen LogP contribution in [0.5, 0.6) is 0 Å². The number of ether oxygens (including phenoxy) is 2. The van der Waals surface area contributed by atoms with Crippen molar-refractivity contribution in [2.45, 2.75) is 94.0 Å². The largest absolute Gasteiger partial charge is 0.455 e. The van der Waals surface area contributed by atoms with Gasteiger partial charge in [-0.2, -0.15) is 0 Å². The molecular weight excluding hydrogens is 714 g/mol. The first-order valence-corrected chi connectivity index (χ1v) is 18.8. The number of alkyl halides is 1. The molecule has 3 aliphatic heterocycles. The number of carbonyl (C=O) groups is 4. The van der Waals surface area contributed by atoms with Crippen LogP contribution in [0.4, 0.5) is 5.69 Å². The molecule has 51 heavy (non-hydrogen) atoms. The predicted molar refractivity (Wildman–Crippen MR) is 199 cm³/mol. The summed E-state index contributed by atoms with van der Waals surface area (Å²) in [6, 6.07) is 13.5. The molecule has 2 bridgehead atoms. The highest BCUT2D eigenvalue weighted by Crippen LogP contribution is 2.60. The zero-order chi connectivity index (χ0) is 36.9. The number of aryl methyl sites for hydroxylation is 2. The van der Waals surface area contributed by atoms with Gasteiger partial charge in [0, 0.05) is 36.6 Å². The quantitative estimate of drug-likeness (QED) is 0.0946. The normalized spacial score (nSPS) is 25.9. The van der Waals surface area contributed by atoms with E-state index >= 15 is 4.79 Å². The first-order chi connectivity index (χ1) is 24.5. The molecule has 0 radical (unpaired) electrons. The molecule has 3 amide bonds. The molecule has 3 saturated heterocycles. The van der Waals surface area contributed by atoms with Crippen LogP contribution in [0.1, 0.15) is 68.2 Å². The van der Waals surface area contributed by atoms with Crippen LogP contribution in [0.25, 0.3) is 0 Å². The maximum Gasteiger partial charge on any atom is 0.313 e. The van der Waals surface area contributed by atoms with Gasteiger partial charge in [0.25, 0.3) is 5.91 Å². The molecule has 2 N–H and O–H groups in total. The molecule has 0 aromatic heterocycles. The molecular formula is C40H50BrN3O7. The Morgan fingerprint density at radius 2 is 1.80 bits per heavy atom. The van der Waals surface area contributed by atoms with Crippen LogP contribution in [0.2, 0.25) is 0 Å². The number of hydrogen-bond donors (Lipinski definition) is 2. The summed E-state index contributed by atoms with van der Waals surface area (Å²) in [5.74, 6) is -3.36. The van der Waals surface area contributed by atoms with E-state index in [0.717, 1.165) is 16.8 Å². The lowest BCUT2D eigenvalue weighted by atomic mass is 9.70. The number of hydrogen-bond acceptors (Lipinski definition) is 7. The Bertz CT molecular complexity index is 1600. The number of carbonyl (C=O) groups excluding carboxylic acids is 4. The molecule has 1 unspecified atom stereocenters. The van der Waals surface area contributed by atoms with Crippen molar-refractivity contribution < 1.29 is 33.8 Å². The third-order valence-electron chi connectivity index (χ3n) is 10.4. The average molecular weight is 765 g/mol. The number of unbranched alkanes of at least 4 members (excludes halogenated alkanes) is 2. The molecule has 0 aliphatic carbocycles. The van der Waals surface area contributed by atoms with E-state index in [1.165, 1.54) is 0 Å². The number of allylic oxidation sites excluding steroid dienone is 1. The number of benzene rings is 2. The fourth-order valence-corrected chi connectivity index (χ4v) is 9.17. The molecule has 5 rings (SSSR count). The van der Waals surface area contributed by atoms with Gasteiger partial charge in [-0.1, -0.05) is 76.6 Å². The van der Waals surface area contributed by atoms with Crippen LogP contribution in [0, 0.1) is 25.7 Å². The summed E-state index contributed by atoms with van der Waals surface area (Å²) in [6.07, 6.45) is 4.71. The number of nitrogens with zero attached hydrogens (tertiary/aromatic N) is 2. The van der Waals surface area contributed by atoms with Gasteiger partial charge in [0.15, 0.2) is 0 Å². The minimum absolute atomic E-state index is 0.0300. The van der Waals surface area contributed by atoms with Crippen LogP contribution in [0.15, 0.2) is 73.8 Å². The summed E-state index contributed by atoms with van der Waals surface area (Å²) in [6.45, 7) is 13.8. The summed E-state index contributed by atoms with van der Waals surface area (Å²) < 4.78 is 13.1. The molecule has 3 aliphatic rings. The third kappa shape index (κ3) is 7.57. The minimum Gasteiger partial charge on any atom is -0.455 e. The third-order valence-corrected chi connectivity index (χ3v) is 11.3. The summed E-state index contributed by atoms with van der Waals surface area (Å²) in [5.41, 5.74) is 1.99. The first kappa shape index (κ1) is 38.4. The lowest BCUT2D eigenvalue weighted by Gasteiger charge is -2.38. The number of nitrogens with one attached hydrogen (secondary N) is 1. The van der Waals surface area contributed by atoms with Crippen molar-refractivity contribution in [1.82, 2.24) is 10.2 Å². The summed E-state index contributed by atoms with van der Waals surface area (Å²) in [5, 5.41) is 12.4. The number of aliphatic hydroxyl groups is 1. The Balaban J connectivity index is 1.52. The number of amides is 3. The van der Waals surface area contributed by atoms with E-state index in [0.29, 0.717) is 37.7 Å². The standard InChI is InChI=1S/C40H50BrN3O7/c1-6-8-20-30(46)42-27(5)34(28-18-11-9-12-19-28)50-39(49)31-32-37(47)44(22-13-10-14-23-45)36(40(32)24-29(41)35(31)51-40)38(48)43(21-7-2)33-25(3)16-15-17-26(33)4/h6-7,9,11-12,15-19,27,29,31-32,34-36,45H,1-2,8,10,13-14,20-24H2,3-5H3,(H,42,46)/t27-,29?,31+,32-,34-,35+,36+,40-/m1/s1. The Labute approximate surface area is 309 Å². The van der Waals surface area contributed by atoms with E-state index in [9.17, 15) is 19.5 Å². The fourth-order valence-electron chi connectivity index (χ4n) is 8.23. The fraction of sp³-hybridized carbons (Fsp3) is 0.500. The number of likely N-dealkylation sites (tertiary alicyclic amines) is 1. The van der Waals surface area contributed by atoms with Crippen LogP contribution < -0.4 is 10.2 Å². The van der Waals surface area contributed by atoms with Crippen molar-refractivity contribution in [3.05, 3.63) is 90.5 Å². The molecule has 1 spiro atoms. The van der Waals surface area contributed by atoms with Crippen LogP contribution in [-0.4, -0.2) is 82.0 Å². The van der Waals surface area contributed by atoms with Gasteiger partial charge in [-0.25, -0.2) is 0 Å². The Morgan fingerprint density at radius 1 is 1.10 bits per heavy atom. The first-order valence-electron chi connectivity index (χ1n) is 17.9. The zero-order valence-electron chi connectivity index (χ0n) is 29.8. The topological polar surface area (TPSA) is 125 Å². The summed E-state index contributed by atoms with van der Waals surface area (Å²) in [7, 11) is 0. The van der Waals surface area contributed by atoms with Gasteiger partial charge in [-0.15, -0.1) is 13.2 Å². The SMILES string of the molecule is C=CCCC(=O)N[C@H](C)[C@@H](OC(=O)[C@@H]1[C@H]2O[C@@]3(CC2Br)[C@H](C(=O)N(CC=C)c2c(C)cccc2C)N(CCCCCO)C(=O)[C@@H]13)c1ccccc1. The second kappa shape index (κ2) is 16.7. The van der Waals surface area contributed by atoms with Gasteiger partial charge in [-0.05, 0) is 69.6 Å². The summed E-state index contributed by atoms with van der Waals surface area (Å²) in [4.78, 5) is 59.8. The van der Waals surface area contributed by atoms with E-state index in [-0.39, 0.29) is 48.7 Å². The maximum atomic E-state index is 15.0. The molecule has 2 aromatic rings. The molecule has 8 atom stereocenters. The number of esters is 1. The second-order valence-corrected chi connectivity index (χ2v) is 15.1. The van der Waals surface area contributed by atoms with Crippen molar-refractivity contribution in [3.8, 4) is 0 Å². The predicted octanol–water partition coefficient (Wildman–Crippen LogP) is 5.49. The maximum absolute atomic E-state index is 15.0. The van der Waals surface area contributed by atoms with E-state index < -0.39 is 47.7 Å². The monoisotopic (exact) mass is 763 g/mol. The van der Waals surface area contributed by atoms with Gasteiger partial charge in [0.1, 0.15) is 17.7 Å². The van der Waals surface area contributed by atoms with E-state index in [1.807, 2.05) is 62.4 Å². The Morgan fingerprint density at radius 3 is 2.45 bits per heavy atom. The van der Waals surface area contributed by atoms with E-state index in [2.05, 4.69) is 34.4 Å². The van der Waals surface area contributed by atoms with Gasteiger partial charge >= 0.3 is 5.97 Å². The highest BCUT2D eigenvalue weighted by Gasteiger charge is 2.77. The van der Waals surface area contributed by atoms with Crippen molar-refractivity contribution >= 4 is 45.3 Å². The molecule has 10 nitrogen and oxygen atoms in total. The lowest BCUT2D eigenvalue weighted by Crippen LogP contribution is -2.57. The minimum atomic E-state index is -1.28. The van der Waals surface area contributed by atoms with Gasteiger partial charge in [0.2, 0.25) is 11.8 Å². The van der Waals surface area contributed by atoms with Crippen molar-refractivity contribution in [1.29, 1.82) is 0 Å². The molecule has 2 aromatic carbocycles. The number of halogens is 1. The van der Waals surface area contributed by atoms with Crippen molar-refractivity contribution in [3.63, 3.8) is 0 Å². The lowest BCUT2D eigenvalue weighted by molar-refractivity contribution is -0.162. The van der Waals surface area contributed by atoms with Crippen LogP contribution in [-0.2, 0) is 28.7 Å². The number of para-hydroxylation sites is 1. The number of aliphatic hydroxyl groups excluding tert-OH is 1. The average Bonchev–Trinajstić information content (AvgIpc) is 3.70.